The Kier molecular flexibility index (Phi) is 6.46. The topological polar surface area (TPSA) is 71.1 Å². The molecular weight excluding hydrogens is 310 g/mol. The Hall–Kier alpha value is -1.34. The second-order valence-corrected chi connectivity index (χ2v) is 7.60. The number of carbonyl (C=O) groups is 2. The summed E-state index contributed by atoms with van der Waals surface area (Å²) in [4.78, 5) is 28.5. The van der Waals surface area contributed by atoms with E-state index in [0.717, 1.165) is 13.0 Å². The second-order valence-electron chi connectivity index (χ2n) is 7.60. The van der Waals surface area contributed by atoms with Gasteiger partial charge in [-0.1, -0.05) is 0 Å². The molecule has 0 spiro atoms. The summed E-state index contributed by atoms with van der Waals surface area (Å²) >= 11 is 0. The van der Waals surface area contributed by atoms with Crippen LogP contribution in [-0.4, -0.2) is 79.4 Å². The Morgan fingerprint density at radius 1 is 1.25 bits per heavy atom. The quantitative estimate of drug-likeness (QED) is 0.833. The SMILES string of the molecule is CN1CCCC1C1COCCN1C(=O)CCNC(=O)OC(C)(C)C. The first kappa shape index (κ1) is 19.0. The molecule has 0 aromatic carbocycles. The molecule has 2 atom stereocenters. The zero-order valence-electron chi connectivity index (χ0n) is 15.3. The normalized spacial score (nSPS) is 25.6. The van der Waals surface area contributed by atoms with Crippen molar-refractivity contribution in [3.05, 3.63) is 0 Å². The lowest BCUT2D eigenvalue weighted by atomic mass is 10.0. The summed E-state index contributed by atoms with van der Waals surface area (Å²) < 4.78 is 10.8. The van der Waals surface area contributed by atoms with Gasteiger partial charge in [-0.05, 0) is 47.2 Å². The first-order chi connectivity index (χ1) is 11.3. The minimum Gasteiger partial charge on any atom is -0.444 e. The highest BCUT2D eigenvalue weighted by Gasteiger charge is 2.37. The van der Waals surface area contributed by atoms with Crippen molar-refractivity contribution in [1.82, 2.24) is 15.1 Å². The van der Waals surface area contributed by atoms with Gasteiger partial charge in [0.2, 0.25) is 5.91 Å². The molecule has 0 aliphatic carbocycles. The van der Waals surface area contributed by atoms with Crippen molar-refractivity contribution in [2.24, 2.45) is 0 Å². The van der Waals surface area contributed by atoms with E-state index in [9.17, 15) is 9.59 Å². The molecule has 0 radical (unpaired) electrons. The lowest BCUT2D eigenvalue weighted by molar-refractivity contribution is -0.142. The Labute approximate surface area is 144 Å². The van der Waals surface area contributed by atoms with Crippen molar-refractivity contribution < 1.29 is 19.1 Å². The molecule has 0 bridgehead atoms. The zero-order valence-corrected chi connectivity index (χ0v) is 15.3. The van der Waals surface area contributed by atoms with Crippen molar-refractivity contribution in [3.8, 4) is 0 Å². The number of alkyl carbamates (subject to hydrolysis) is 1. The van der Waals surface area contributed by atoms with Crippen LogP contribution in [0.25, 0.3) is 0 Å². The number of ether oxygens (including phenoxy) is 2. The fraction of sp³-hybridized carbons (Fsp3) is 0.882. The molecule has 0 saturated carbocycles. The fourth-order valence-corrected chi connectivity index (χ4v) is 3.40. The lowest BCUT2D eigenvalue weighted by Gasteiger charge is -2.41. The molecule has 7 heteroatoms. The van der Waals surface area contributed by atoms with E-state index < -0.39 is 11.7 Å². The smallest absolute Gasteiger partial charge is 0.407 e. The highest BCUT2D eigenvalue weighted by molar-refractivity contribution is 5.77. The zero-order chi connectivity index (χ0) is 17.7. The van der Waals surface area contributed by atoms with Crippen LogP contribution in [0.4, 0.5) is 4.79 Å². The molecule has 2 rings (SSSR count). The monoisotopic (exact) mass is 341 g/mol. The average molecular weight is 341 g/mol. The van der Waals surface area contributed by atoms with Crippen LogP contribution in [0.1, 0.15) is 40.0 Å². The highest BCUT2D eigenvalue weighted by atomic mass is 16.6. The highest BCUT2D eigenvalue weighted by Crippen LogP contribution is 2.24. The number of likely N-dealkylation sites (N-methyl/N-ethyl adjacent to an activating group) is 1. The molecule has 2 unspecified atom stereocenters. The first-order valence-corrected chi connectivity index (χ1v) is 8.82. The maximum Gasteiger partial charge on any atom is 0.407 e. The number of nitrogens with zero attached hydrogens (tertiary/aromatic N) is 2. The summed E-state index contributed by atoms with van der Waals surface area (Å²) in [6, 6.07) is 0.480. The van der Waals surface area contributed by atoms with Gasteiger partial charge in [-0.15, -0.1) is 0 Å². The van der Waals surface area contributed by atoms with E-state index in [1.165, 1.54) is 6.42 Å². The summed E-state index contributed by atoms with van der Waals surface area (Å²) in [5.41, 5.74) is -0.531. The Morgan fingerprint density at radius 2 is 2.00 bits per heavy atom. The molecule has 2 saturated heterocycles. The predicted octanol–water partition coefficient (Wildman–Crippen LogP) is 1.22. The summed E-state index contributed by atoms with van der Waals surface area (Å²) in [6.07, 6.45) is 2.07. The van der Waals surface area contributed by atoms with Crippen LogP contribution in [0.2, 0.25) is 0 Å². The van der Waals surface area contributed by atoms with Crippen LogP contribution >= 0.6 is 0 Å². The van der Waals surface area contributed by atoms with E-state index in [0.29, 0.717) is 32.3 Å². The summed E-state index contributed by atoms with van der Waals surface area (Å²) in [5.74, 6) is 0.0691. The number of rotatable bonds is 4. The number of hydrogen-bond acceptors (Lipinski definition) is 5. The predicted molar refractivity (Wildman–Crippen MR) is 90.8 cm³/mol. The largest absolute Gasteiger partial charge is 0.444 e. The number of morpholine rings is 1. The van der Waals surface area contributed by atoms with Gasteiger partial charge < -0.3 is 24.6 Å². The van der Waals surface area contributed by atoms with Crippen LogP contribution in [0, 0.1) is 0 Å². The van der Waals surface area contributed by atoms with Gasteiger partial charge in [-0.3, -0.25) is 4.79 Å². The van der Waals surface area contributed by atoms with E-state index in [2.05, 4.69) is 17.3 Å². The van der Waals surface area contributed by atoms with Gasteiger partial charge in [0.25, 0.3) is 0 Å². The van der Waals surface area contributed by atoms with E-state index in [1.54, 1.807) is 0 Å². The Bertz CT molecular complexity index is 450. The van der Waals surface area contributed by atoms with Gasteiger partial charge in [0.1, 0.15) is 5.60 Å². The molecule has 0 aromatic rings. The molecule has 138 valence electrons. The van der Waals surface area contributed by atoms with E-state index in [1.807, 2.05) is 25.7 Å². The molecule has 0 aromatic heterocycles. The molecule has 2 aliphatic rings. The molecule has 24 heavy (non-hydrogen) atoms. The third kappa shape index (κ3) is 5.34. The molecule has 1 N–H and O–H groups in total. The summed E-state index contributed by atoms with van der Waals surface area (Å²) in [7, 11) is 2.11. The third-order valence-corrected chi connectivity index (χ3v) is 4.51. The number of amides is 2. The van der Waals surface area contributed by atoms with Crippen molar-refractivity contribution in [2.75, 3.05) is 39.9 Å². The van der Waals surface area contributed by atoms with Crippen molar-refractivity contribution >= 4 is 12.0 Å². The van der Waals surface area contributed by atoms with Crippen LogP contribution in [-0.2, 0) is 14.3 Å². The maximum atomic E-state index is 12.6. The van der Waals surface area contributed by atoms with Gasteiger partial charge in [-0.25, -0.2) is 4.79 Å². The molecule has 2 aliphatic heterocycles. The van der Waals surface area contributed by atoms with Crippen LogP contribution in [0.3, 0.4) is 0 Å². The number of hydrogen-bond donors (Lipinski definition) is 1. The van der Waals surface area contributed by atoms with E-state index >= 15 is 0 Å². The fourth-order valence-electron chi connectivity index (χ4n) is 3.40. The van der Waals surface area contributed by atoms with E-state index in [4.69, 9.17) is 9.47 Å². The summed E-state index contributed by atoms with van der Waals surface area (Å²) in [6.45, 7) is 8.61. The van der Waals surface area contributed by atoms with Gasteiger partial charge in [0.15, 0.2) is 0 Å². The van der Waals surface area contributed by atoms with Crippen molar-refractivity contribution in [3.63, 3.8) is 0 Å². The molecule has 2 heterocycles. The van der Waals surface area contributed by atoms with Crippen molar-refractivity contribution in [2.45, 2.75) is 57.7 Å². The average Bonchev–Trinajstić information content (AvgIpc) is 2.91. The second kappa shape index (κ2) is 8.16. The minimum atomic E-state index is -0.531. The minimum absolute atomic E-state index is 0.0691. The molecule has 2 fully saturated rings. The lowest BCUT2D eigenvalue weighted by Crippen LogP contribution is -2.57. The van der Waals surface area contributed by atoms with Crippen molar-refractivity contribution in [1.29, 1.82) is 0 Å². The van der Waals surface area contributed by atoms with Gasteiger partial charge in [-0.2, -0.15) is 0 Å². The van der Waals surface area contributed by atoms with Crippen LogP contribution < -0.4 is 5.32 Å². The Balaban J connectivity index is 1.82. The van der Waals surface area contributed by atoms with Gasteiger partial charge in [0.05, 0.1) is 19.3 Å². The third-order valence-electron chi connectivity index (χ3n) is 4.51. The Morgan fingerprint density at radius 3 is 2.62 bits per heavy atom. The molecular formula is C17H31N3O4. The van der Waals surface area contributed by atoms with Gasteiger partial charge in [0, 0.05) is 25.6 Å². The summed E-state index contributed by atoms with van der Waals surface area (Å²) in [5, 5.41) is 2.65. The van der Waals surface area contributed by atoms with Gasteiger partial charge >= 0.3 is 6.09 Å². The molecule has 2 amide bonds. The number of nitrogens with one attached hydrogen (secondary N) is 1. The van der Waals surface area contributed by atoms with E-state index in [-0.39, 0.29) is 18.4 Å². The number of likely N-dealkylation sites (tertiary alicyclic amines) is 1. The van der Waals surface area contributed by atoms with Crippen LogP contribution in [0.5, 0.6) is 0 Å². The van der Waals surface area contributed by atoms with Crippen LogP contribution in [0.15, 0.2) is 0 Å². The standard InChI is InChI=1S/C17H31N3O4/c1-17(2,3)24-16(22)18-8-7-15(21)20-10-11-23-12-14(20)13-6-5-9-19(13)4/h13-14H,5-12H2,1-4H3,(H,18,22). The number of carbonyl (C=O) groups excluding carboxylic acids is 2. The maximum absolute atomic E-state index is 12.6. The first-order valence-electron chi connectivity index (χ1n) is 8.82. The molecule has 7 nitrogen and oxygen atoms in total.